The van der Waals surface area contributed by atoms with E-state index in [1.54, 1.807) is 6.92 Å². The van der Waals surface area contributed by atoms with Crippen molar-refractivity contribution in [2.75, 3.05) is 6.54 Å². The molecule has 20 heavy (non-hydrogen) atoms. The molecule has 1 saturated heterocycles. The third-order valence-electron chi connectivity index (χ3n) is 2.98. The Balaban J connectivity index is 0.00000200. The summed E-state index contributed by atoms with van der Waals surface area (Å²) in [7, 11) is 0. The minimum absolute atomic E-state index is 0. The van der Waals surface area contributed by atoms with Crippen molar-refractivity contribution in [3.63, 3.8) is 0 Å². The first kappa shape index (κ1) is 16.5. The van der Waals surface area contributed by atoms with Crippen LogP contribution in [0.1, 0.15) is 6.92 Å². The second kappa shape index (κ2) is 5.83. The number of nitrogens with two attached hydrogens (primary N) is 1. The average Bonchev–Trinajstić information content (AvgIpc) is 2.54. The molecule has 2 N–H and O–H groups in total. The Kier molecular flexibility index (Phi) is 4.80. The Hall–Kier alpha value is -1.56. The number of rotatable bonds is 4. The molecule has 0 aliphatic carbocycles. The molecule has 2 rings (SSSR count). The molecule has 0 spiro atoms. The molecule has 2 aliphatic rings. The van der Waals surface area contributed by atoms with Crippen LogP contribution in [0, 0.1) is 0 Å². The fourth-order valence-electron chi connectivity index (χ4n) is 2.24. The quantitative estimate of drug-likeness (QED) is 0.408. The molecule has 2 heterocycles. The Morgan fingerprint density at radius 1 is 1.60 bits per heavy atom. The van der Waals surface area contributed by atoms with E-state index in [1.807, 2.05) is 0 Å². The van der Waals surface area contributed by atoms with E-state index in [2.05, 4.69) is 4.84 Å². The van der Waals surface area contributed by atoms with Crippen LogP contribution in [0.25, 0.3) is 0 Å². The Morgan fingerprint density at radius 3 is 2.70 bits per heavy atom. The summed E-state index contributed by atoms with van der Waals surface area (Å²) in [6, 6.07) is -2.41. The number of urea groups is 1. The van der Waals surface area contributed by atoms with Gasteiger partial charge in [0.05, 0.1) is 12.6 Å². The fourth-order valence-corrected chi connectivity index (χ4v) is 2.24. The van der Waals surface area contributed by atoms with Gasteiger partial charge in [0.25, 0.3) is 6.36 Å². The summed E-state index contributed by atoms with van der Waals surface area (Å²) < 4.78 is 13.0. The molecule has 1 unspecified atom stereocenters. The summed E-state index contributed by atoms with van der Waals surface area (Å²) in [5.74, 6) is -2.81. The predicted octanol–water partition coefficient (Wildman–Crippen LogP) is -5.11. The van der Waals surface area contributed by atoms with Crippen molar-refractivity contribution in [2.45, 2.75) is 25.4 Å². The number of carbonyl (C=O) groups excluding carboxylic acids is 3. The molecule has 0 aromatic rings. The molecule has 1 fully saturated rings. The van der Waals surface area contributed by atoms with Crippen molar-refractivity contribution in [1.82, 2.24) is 9.96 Å². The van der Waals surface area contributed by atoms with Crippen LogP contribution >= 0.6 is 0 Å². The standard InChI is InChI=1S/C10H12FN3O5.Li/c1-4-2-5-3-13(6(4)8(12)15)10(18)14(5)19-7(11)9(16)17;/h2,5-7H,3H2,1H3,(H2,12,15)(H,16,17);/q;+1/p-1/t5-,6+,7?;/m1./s1. The van der Waals surface area contributed by atoms with Gasteiger partial charge in [-0.25, -0.2) is 14.0 Å². The first-order valence-electron chi connectivity index (χ1n) is 5.42. The number of fused-ring (bicyclic) bond motifs is 2. The van der Waals surface area contributed by atoms with Crippen LogP contribution in [0.15, 0.2) is 11.6 Å². The number of carboxylic acid groups (broad SMARTS) is 1. The Morgan fingerprint density at radius 2 is 2.20 bits per heavy atom. The minimum atomic E-state index is -2.76. The van der Waals surface area contributed by atoms with Crippen LogP contribution in [-0.2, 0) is 14.4 Å². The summed E-state index contributed by atoms with van der Waals surface area (Å²) in [6.45, 7) is 1.67. The zero-order chi connectivity index (χ0) is 14.3. The van der Waals surface area contributed by atoms with Gasteiger partial charge in [-0.3, -0.25) is 4.79 Å². The van der Waals surface area contributed by atoms with Crippen molar-refractivity contribution in [2.24, 2.45) is 5.73 Å². The van der Waals surface area contributed by atoms with Gasteiger partial charge in [0.15, 0.2) is 0 Å². The average molecular weight is 279 g/mol. The number of aliphatic carboxylic acids is 1. The van der Waals surface area contributed by atoms with Gasteiger partial charge in [-0.1, -0.05) is 6.08 Å². The van der Waals surface area contributed by atoms with Crippen molar-refractivity contribution in [3.8, 4) is 0 Å². The molecular formula is C10H11FLiN3O5. The zero-order valence-corrected chi connectivity index (χ0v) is 10.9. The van der Waals surface area contributed by atoms with Gasteiger partial charge in [-0.15, -0.1) is 0 Å². The summed E-state index contributed by atoms with van der Waals surface area (Å²) in [5, 5.41) is 10.8. The second-order valence-electron chi connectivity index (χ2n) is 4.28. The summed E-state index contributed by atoms with van der Waals surface area (Å²) in [4.78, 5) is 39.0. The number of carboxylic acids is 1. The predicted molar refractivity (Wildman–Crippen MR) is 55.5 cm³/mol. The molecule has 10 heteroatoms. The zero-order valence-electron chi connectivity index (χ0n) is 10.9. The largest absolute Gasteiger partial charge is 1.00 e. The van der Waals surface area contributed by atoms with Crippen LogP contribution in [-0.4, -0.2) is 52.9 Å². The van der Waals surface area contributed by atoms with Gasteiger partial charge in [-0.2, -0.15) is 5.06 Å². The molecule has 0 saturated carbocycles. The fraction of sp³-hybridized carbons (Fsp3) is 0.500. The molecule has 104 valence electrons. The Bertz CT molecular complexity index is 486. The first-order valence-corrected chi connectivity index (χ1v) is 5.42. The van der Waals surface area contributed by atoms with E-state index in [-0.39, 0.29) is 25.4 Å². The van der Waals surface area contributed by atoms with E-state index < -0.39 is 36.3 Å². The van der Waals surface area contributed by atoms with Crippen LogP contribution in [0.5, 0.6) is 0 Å². The topological polar surface area (TPSA) is 116 Å². The maximum absolute atomic E-state index is 13.0. The normalized spacial score (nSPS) is 25.9. The summed E-state index contributed by atoms with van der Waals surface area (Å²) >= 11 is 0. The first-order chi connectivity index (χ1) is 8.82. The number of hydrogen-bond donors (Lipinski definition) is 1. The number of hydrogen-bond acceptors (Lipinski definition) is 5. The number of nitrogens with zero attached hydrogens (tertiary/aromatic N) is 2. The monoisotopic (exact) mass is 279 g/mol. The minimum Gasteiger partial charge on any atom is -0.544 e. The van der Waals surface area contributed by atoms with Crippen molar-refractivity contribution in [3.05, 3.63) is 11.6 Å². The number of carbonyl (C=O) groups is 3. The van der Waals surface area contributed by atoms with Gasteiger partial charge in [-0.05, 0) is 12.5 Å². The van der Waals surface area contributed by atoms with E-state index in [0.29, 0.717) is 10.6 Å². The summed E-state index contributed by atoms with van der Waals surface area (Å²) in [6.07, 6.45) is -1.25. The third-order valence-corrected chi connectivity index (χ3v) is 2.98. The van der Waals surface area contributed by atoms with E-state index in [4.69, 9.17) is 5.73 Å². The number of primary amides is 1. The van der Waals surface area contributed by atoms with Crippen molar-refractivity contribution in [1.29, 1.82) is 0 Å². The van der Waals surface area contributed by atoms with Gasteiger partial charge < -0.3 is 20.5 Å². The summed E-state index contributed by atoms with van der Waals surface area (Å²) in [5.41, 5.74) is 5.71. The third kappa shape index (κ3) is 2.65. The SMILES string of the molecule is CC1=C[C@@H]2CN(C(=O)N2OC(F)C(=O)[O-])[C@@H]1C(N)=O.[Li+]. The molecule has 0 radical (unpaired) electrons. The number of amides is 3. The number of alkyl halides is 1. The molecule has 3 amide bonds. The van der Waals surface area contributed by atoms with Gasteiger partial charge in [0, 0.05) is 0 Å². The van der Waals surface area contributed by atoms with E-state index in [1.165, 1.54) is 6.08 Å². The van der Waals surface area contributed by atoms with Crippen LogP contribution in [0.2, 0.25) is 0 Å². The molecule has 2 bridgehead atoms. The molecule has 0 aromatic heterocycles. The van der Waals surface area contributed by atoms with Gasteiger partial charge >= 0.3 is 24.9 Å². The van der Waals surface area contributed by atoms with Crippen molar-refractivity contribution < 1.29 is 47.6 Å². The molecular weight excluding hydrogens is 268 g/mol. The number of hydroxylamine groups is 2. The molecule has 0 aromatic carbocycles. The smallest absolute Gasteiger partial charge is 0.544 e. The van der Waals surface area contributed by atoms with Crippen LogP contribution in [0.4, 0.5) is 9.18 Å². The van der Waals surface area contributed by atoms with E-state index in [9.17, 15) is 23.9 Å². The number of halogens is 1. The van der Waals surface area contributed by atoms with Gasteiger partial charge in [0.1, 0.15) is 12.0 Å². The van der Waals surface area contributed by atoms with Crippen molar-refractivity contribution >= 4 is 17.9 Å². The van der Waals surface area contributed by atoms with E-state index >= 15 is 0 Å². The van der Waals surface area contributed by atoms with E-state index in [0.717, 1.165) is 4.90 Å². The molecule has 8 nitrogen and oxygen atoms in total. The van der Waals surface area contributed by atoms with Crippen LogP contribution < -0.4 is 29.7 Å². The van der Waals surface area contributed by atoms with Crippen LogP contribution in [0.3, 0.4) is 0 Å². The Labute approximate surface area is 125 Å². The maximum Gasteiger partial charge on any atom is 1.00 e. The maximum atomic E-state index is 13.0. The molecule has 3 atom stereocenters. The second-order valence-corrected chi connectivity index (χ2v) is 4.28. The molecule has 2 aliphatic heterocycles. The van der Waals surface area contributed by atoms with Gasteiger partial charge in [0.2, 0.25) is 5.91 Å².